The minimum atomic E-state index is 0.417. The number of hydrogen-bond donors (Lipinski definition) is 0. The van der Waals surface area contributed by atoms with E-state index in [2.05, 4.69) is 79.7 Å². The van der Waals surface area contributed by atoms with Gasteiger partial charge in [0.25, 0.3) is 0 Å². The Labute approximate surface area is 286 Å². The number of hydrogen-bond acceptors (Lipinski definition) is 5. The van der Waals surface area contributed by atoms with Crippen LogP contribution >= 0.6 is 0 Å². The van der Waals surface area contributed by atoms with Gasteiger partial charge in [0.2, 0.25) is 0 Å². The van der Waals surface area contributed by atoms with Crippen LogP contribution in [0.15, 0.2) is 115 Å². The van der Waals surface area contributed by atoms with Crippen LogP contribution in [0, 0.1) is 47.3 Å². The second-order valence-corrected chi connectivity index (χ2v) is 14.1. The summed E-state index contributed by atoms with van der Waals surface area (Å²) in [5.74, 6) is 4.41. The first-order chi connectivity index (χ1) is 24.0. The molecule has 3 saturated carbocycles. The summed E-state index contributed by atoms with van der Waals surface area (Å²) in [5.41, 5.74) is 11.4. The molecule has 0 spiro atoms. The topological polar surface area (TPSA) is 86.2 Å². The van der Waals surface area contributed by atoms with Crippen LogP contribution in [-0.4, -0.2) is 15.0 Å². The third kappa shape index (κ3) is 4.85. The van der Waals surface area contributed by atoms with Crippen LogP contribution in [0.1, 0.15) is 47.9 Å². The molecule has 49 heavy (non-hydrogen) atoms. The molecule has 1 aromatic heterocycles. The predicted octanol–water partition coefficient (Wildman–Crippen LogP) is 9.95. The van der Waals surface area contributed by atoms with E-state index >= 15 is 0 Å². The molecule has 2 unspecified atom stereocenters. The lowest BCUT2D eigenvalue weighted by Gasteiger charge is -2.64. The molecule has 0 amide bonds. The smallest absolute Gasteiger partial charge is 0.164 e. The largest absolute Gasteiger partial charge is 0.208 e. The Kier molecular flexibility index (Phi) is 6.78. The minimum absolute atomic E-state index is 0.417. The molecule has 0 saturated heterocycles. The zero-order valence-electron chi connectivity index (χ0n) is 27.3. The summed E-state index contributed by atoms with van der Waals surface area (Å²) in [6.45, 7) is 2.25. The van der Waals surface area contributed by atoms with Crippen molar-refractivity contribution >= 4 is 0 Å². The maximum atomic E-state index is 9.38. The summed E-state index contributed by atoms with van der Waals surface area (Å²) in [4.78, 5) is 14.9. The third-order valence-corrected chi connectivity index (χ3v) is 11.4. The van der Waals surface area contributed by atoms with Crippen molar-refractivity contribution in [2.75, 3.05) is 0 Å². The first-order valence-electron chi connectivity index (χ1n) is 17.1. The Morgan fingerprint density at radius 2 is 1.08 bits per heavy atom. The van der Waals surface area contributed by atoms with Crippen molar-refractivity contribution in [1.29, 1.82) is 10.5 Å². The minimum Gasteiger partial charge on any atom is -0.208 e. The number of aryl methyl sites for hydroxylation is 1. The fourth-order valence-electron chi connectivity index (χ4n) is 9.09. The monoisotopic (exact) mass is 631 g/mol. The molecule has 4 atom stereocenters. The van der Waals surface area contributed by atoms with Crippen LogP contribution in [0.5, 0.6) is 0 Å². The van der Waals surface area contributed by atoms with Crippen molar-refractivity contribution in [3.63, 3.8) is 0 Å². The molecular formula is C44H33N5. The molecule has 3 aliphatic carbocycles. The van der Waals surface area contributed by atoms with E-state index in [1.807, 2.05) is 30.3 Å². The predicted molar refractivity (Wildman–Crippen MR) is 192 cm³/mol. The van der Waals surface area contributed by atoms with Crippen LogP contribution in [0.2, 0.25) is 0 Å². The van der Waals surface area contributed by atoms with Crippen molar-refractivity contribution in [2.24, 2.45) is 17.8 Å². The lowest BCUT2D eigenvalue weighted by molar-refractivity contribution is -0.0794. The van der Waals surface area contributed by atoms with Gasteiger partial charge in [0.1, 0.15) is 0 Å². The first kappa shape index (κ1) is 29.2. The van der Waals surface area contributed by atoms with Crippen molar-refractivity contribution < 1.29 is 0 Å². The van der Waals surface area contributed by atoms with Gasteiger partial charge in [-0.1, -0.05) is 48.5 Å². The molecule has 234 valence electrons. The van der Waals surface area contributed by atoms with Gasteiger partial charge in [-0.25, -0.2) is 15.0 Å². The summed E-state index contributed by atoms with van der Waals surface area (Å²) in [6.07, 6.45) is 5.59. The van der Waals surface area contributed by atoms with Gasteiger partial charge in [0.05, 0.1) is 23.3 Å². The van der Waals surface area contributed by atoms with E-state index in [1.165, 1.54) is 42.4 Å². The molecule has 5 nitrogen and oxygen atoms in total. The van der Waals surface area contributed by atoms with Crippen LogP contribution in [-0.2, 0) is 5.41 Å². The number of benzene rings is 5. The molecule has 3 aliphatic rings. The summed E-state index contributed by atoms with van der Waals surface area (Å²) >= 11 is 0. The van der Waals surface area contributed by atoms with Crippen molar-refractivity contribution in [3.8, 4) is 68.6 Å². The van der Waals surface area contributed by atoms with E-state index < -0.39 is 0 Å². The van der Waals surface area contributed by atoms with E-state index in [-0.39, 0.29) is 0 Å². The highest BCUT2D eigenvalue weighted by molar-refractivity contribution is 5.81. The van der Waals surface area contributed by atoms with Crippen molar-refractivity contribution in [3.05, 3.63) is 138 Å². The summed E-state index contributed by atoms with van der Waals surface area (Å²) in [6, 6.07) is 43.3. The molecule has 1 heterocycles. The molecule has 0 N–H and O–H groups in total. The highest BCUT2D eigenvalue weighted by Gasteiger charge is 2.67. The number of nitrogens with zero attached hydrogens (tertiary/aromatic N) is 5. The molecule has 0 aliphatic heterocycles. The quantitative estimate of drug-likeness (QED) is 0.183. The van der Waals surface area contributed by atoms with Gasteiger partial charge in [-0.3, -0.25) is 0 Å². The second-order valence-electron chi connectivity index (χ2n) is 14.1. The van der Waals surface area contributed by atoms with E-state index in [4.69, 9.17) is 15.0 Å². The summed E-state index contributed by atoms with van der Waals surface area (Å²) in [5, 5.41) is 18.8. The lowest BCUT2D eigenvalue weighted by atomic mass is 9.40. The standard InChI is InChI=1S/C44H33N5/c1-27-19-38(44-23-33-15-16-34(24-44)40(33)44)17-18-39(27)36-20-35(30-5-3-2-4-6-30)21-37(22-36)43-48-41(31-11-7-28(25-45)8-12-31)47-42(49-43)32-13-9-29(26-46)10-14-32/h2-14,17-22,33-34,40H,15-16,23-24H2,1H3/t33-,34+,40?,44?. The van der Waals surface area contributed by atoms with Gasteiger partial charge in [-0.15, -0.1) is 0 Å². The van der Waals surface area contributed by atoms with E-state index in [1.54, 1.807) is 24.3 Å². The zero-order chi connectivity index (χ0) is 33.1. The third-order valence-electron chi connectivity index (χ3n) is 11.4. The number of nitriles is 2. The average Bonchev–Trinajstić information content (AvgIpc) is 3.27. The number of aromatic nitrogens is 3. The van der Waals surface area contributed by atoms with Crippen LogP contribution in [0.4, 0.5) is 0 Å². The Bertz CT molecular complexity index is 2240. The molecule has 5 aromatic carbocycles. The fraction of sp³-hybridized carbons (Fsp3) is 0.205. The fourth-order valence-corrected chi connectivity index (χ4v) is 9.09. The molecule has 5 heteroatoms. The maximum absolute atomic E-state index is 9.38. The lowest BCUT2D eigenvalue weighted by Crippen LogP contribution is -2.60. The van der Waals surface area contributed by atoms with Gasteiger partial charge in [0, 0.05) is 16.7 Å². The van der Waals surface area contributed by atoms with E-state index in [0.717, 1.165) is 51.1 Å². The SMILES string of the molecule is Cc1cc(C23C[C@H]4CC[C@@H](C2)C43)ccc1-c1cc(-c2ccccc2)cc(-c2nc(-c3ccc(C#N)cc3)nc(-c3ccc(C#N)cc3)n2)c1. The van der Waals surface area contributed by atoms with Gasteiger partial charge < -0.3 is 0 Å². The van der Waals surface area contributed by atoms with Crippen molar-refractivity contribution in [2.45, 2.75) is 38.0 Å². The van der Waals surface area contributed by atoms with Gasteiger partial charge in [-0.05, 0) is 156 Å². The Morgan fingerprint density at radius 1 is 0.551 bits per heavy atom. The summed E-state index contributed by atoms with van der Waals surface area (Å²) < 4.78 is 0. The van der Waals surface area contributed by atoms with E-state index in [0.29, 0.717) is 34.0 Å². The van der Waals surface area contributed by atoms with Crippen LogP contribution < -0.4 is 0 Å². The number of rotatable bonds is 6. The van der Waals surface area contributed by atoms with Crippen LogP contribution in [0.3, 0.4) is 0 Å². The maximum Gasteiger partial charge on any atom is 0.164 e. The molecule has 6 aromatic rings. The van der Waals surface area contributed by atoms with E-state index in [9.17, 15) is 10.5 Å². The Morgan fingerprint density at radius 3 is 1.63 bits per heavy atom. The van der Waals surface area contributed by atoms with Crippen LogP contribution in [0.25, 0.3) is 56.4 Å². The van der Waals surface area contributed by atoms with Crippen molar-refractivity contribution in [1.82, 2.24) is 15.0 Å². The molecule has 0 bridgehead atoms. The highest BCUT2D eigenvalue weighted by Crippen LogP contribution is 2.73. The van der Waals surface area contributed by atoms with Gasteiger partial charge in [0.15, 0.2) is 17.5 Å². The molecule has 0 radical (unpaired) electrons. The molecule has 9 rings (SSSR count). The Balaban J connectivity index is 1.18. The highest BCUT2D eigenvalue weighted by atomic mass is 15.0. The normalized spacial score (nSPS) is 21.5. The van der Waals surface area contributed by atoms with Gasteiger partial charge in [-0.2, -0.15) is 10.5 Å². The molecule has 3 fully saturated rings. The summed E-state index contributed by atoms with van der Waals surface area (Å²) in [7, 11) is 0. The molecular weight excluding hydrogens is 599 g/mol. The Hall–Kier alpha value is -5.91. The van der Waals surface area contributed by atoms with Gasteiger partial charge >= 0.3 is 0 Å². The zero-order valence-corrected chi connectivity index (χ0v) is 27.3. The second kappa shape index (κ2) is 11.4. The first-order valence-corrected chi connectivity index (χ1v) is 17.1. The average molecular weight is 632 g/mol.